The van der Waals surface area contributed by atoms with Crippen molar-refractivity contribution in [2.75, 3.05) is 0 Å². The molecule has 0 aliphatic rings. The predicted molar refractivity (Wildman–Crippen MR) is 126 cm³/mol. The molecule has 2 heterocycles. The summed E-state index contributed by atoms with van der Waals surface area (Å²) >= 11 is 7.34. The highest BCUT2D eigenvalue weighted by Gasteiger charge is 2.15. The van der Waals surface area contributed by atoms with Gasteiger partial charge in [0.2, 0.25) is 0 Å². The third-order valence-electron chi connectivity index (χ3n) is 4.93. The number of fused-ring (bicyclic) bond motifs is 3. The Balaban J connectivity index is 1.62. The van der Waals surface area contributed by atoms with E-state index < -0.39 is 5.63 Å². The molecule has 6 heteroatoms. The average molecular weight is 441 g/mol. The summed E-state index contributed by atoms with van der Waals surface area (Å²) in [5.41, 5.74) is 2.12. The lowest BCUT2D eigenvalue weighted by molar-refractivity contribution is 0.563. The molecule has 0 aliphatic carbocycles. The monoisotopic (exact) mass is 440 g/mol. The molecule has 0 N–H and O–H groups in total. The van der Waals surface area contributed by atoms with Crippen LogP contribution in [0.5, 0.6) is 0 Å². The van der Waals surface area contributed by atoms with Gasteiger partial charge in [0.05, 0.1) is 16.8 Å². The molecule has 5 rings (SSSR count). The third kappa shape index (κ3) is 3.64. The molecular formula is C25H13ClN2O2S. The van der Waals surface area contributed by atoms with E-state index in [0.717, 1.165) is 21.7 Å². The molecule has 0 saturated carbocycles. The molecule has 148 valence electrons. The number of allylic oxidation sites excluding steroid dienone is 1. The zero-order chi connectivity index (χ0) is 21.4. The van der Waals surface area contributed by atoms with Crippen LogP contribution in [-0.4, -0.2) is 4.98 Å². The van der Waals surface area contributed by atoms with E-state index in [1.807, 2.05) is 48.5 Å². The molecular weight excluding hydrogens is 428 g/mol. The fraction of sp³-hybridized carbons (Fsp3) is 0. The van der Waals surface area contributed by atoms with Crippen molar-refractivity contribution in [3.63, 3.8) is 0 Å². The summed E-state index contributed by atoms with van der Waals surface area (Å²) in [4.78, 5) is 17.2. The van der Waals surface area contributed by atoms with Gasteiger partial charge in [-0.2, -0.15) is 5.26 Å². The Morgan fingerprint density at radius 1 is 1.06 bits per heavy atom. The van der Waals surface area contributed by atoms with Gasteiger partial charge in [0, 0.05) is 15.8 Å². The summed E-state index contributed by atoms with van der Waals surface area (Å²) < 4.78 is 5.57. The summed E-state index contributed by atoms with van der Waals surface area (Å²) in [6.45, 7) is 0. The van der Waals surface area contributed by atoms with Crippen LogP contribution in [0, 0.1) is 11.3 Å². The van der Waals surface area contributed by atoms with E-state index in [9.17, 15) is 10.1 Å². The molecule has 0 spiro atoms. The Hall–Kier alpha value is -3.72. The van der Waals surface area contributed by atoms with Crippen LogP contribution in [0.3, 0.4) is 0 Å². The van der Waals surface area contributed by atoms with Gasteiger partial charge in [-0.05, 0) is 46.7 Å². The maximum Gasteiger partial charge on any atom is 0.345 e. The van der Waals surface area contributed by atoms with Crippen molar-refractivity contribution in [2.45, 2.75) is 0 Å². The van der Waals surface area contributed by atoms with Crippen LogP contribution in [-0.2, 0) is 0 Å². The largest absolute Gasteiger partial charge is 0.422 e. The molecule has 2 aromatic heterocycles. The van der Waals surface area contributed by atoms with Crippen molar-refractivity contribution in [3.05, 3.63) is 98.1 Å². The van der Waals surface area contributed by atoms with Crippen molar-refractivity contribution in [1.29, 1.82) is 5.26 Å². The van der Waals surface area contributed by atoms with E-state index in [0.29, 0.717) is 32.4 Å². The van der Waals surface area contributed by atoms with Crippen LogP contribution >= 0.6 is 22.9 Å². The van der Waals surface area contributed by atoms with E-state index in [1.54, 1.807) is 29.7 Å². The number of thiazole rings is 1. The highest BCUT2D eigenvalue weighted by Crippen LogP contribution is 2.30. The Morgan fingerprint density at radius 3 is 2.77 bits per heavy atom. The first kappa shape index (κ1) is 19.3. The third-order valence-corrected chi connectivity index (χ3v) is 6.04. The van der Waals surface area contributed by atoms with Gasteiger partial charge >= 0.3 is 5.63 Å². The molecule has 4 nitrogen and oxygen atoms in total. The van der Waals surface area contributed by atoms with E-state index in [2.05, 4.69) is 11.1 Å². The van der Waals surface area contributed by atoms with E-state index in [1.165, 1.54) is 11.3 Å². The van der Waals surface area contributed by atoms with Crippen LogP contribution in [0.1, 0.15) is 10.6 Å². The zero-order valence-electron chi connectivity index (χ0n) is 16.0. The number of hydrogen-bond donors (Lipinski definition) is 0. The highest BCUT2D eigenvalue weighted by molar-refractivity contribution is 7.11. The smallest absolute Gasteiger partial charge is 0.345 e. The molecule has 5 aromatic rings. The number of benzene rings is 3. The van der Waals surface area contributed by atoms with Crippen LogP contribution in [0.2, 0.25) is 5.02 Å². The molecule has 0 aliphatic heterocycles. The minimum atomic E-state index is -0.461. The van der Waals surface area contributed by atoms with Crippen molar-refractivity contribution in [1.82, 2.24) is 4.98 Å². The van der Waals surface area contributed by atoms with Gasteiger partial charge < -0.3 is 4.42 Å². The average Bonchev–Trinajstić information content (AvgIpc) is 3.26. The van der Waals surface area contributed by atoms with Gasteiger partial charge in [-0.25, -0.2) is 9.78 Å². The molecule has 0 radical (unpaired) electrons. The number of aromatic nitrogens is 1. The second kappa shape index (κ2) is 7.84. The Bertz CT molecular complexity index is 1590. The number of rotatable bonds is 3. The molecule has 3 aromatic carbocycles. The van der Waals surface area contributed by atoms with Gasteiger partial charge in [-0.1, -0.05) is 54.1 Å². The summed E-state index contributed by atoms with van der Waals surface area (Å²) in [6, 6.07) is 22.9. The van der Waals surface area contributed by atoms with Crippen LogP contribution < -0.4 is 5.63 Å². The van der Waals surface area contributed by atoms with Crippen molar-refractivity contribution in [2.24, 2.45) is 0 Å². The van der Waals surface area contributed by atoms with Crippen molar-refractivity contribution < 1.29 is 4.42 Å². The minimum Gasteiger partial charge on any atom is -0.422 e. The normalized spacial score (nSPS) is 11.7. The molecule has 0 saturated heterocycles. The number of halogens is 1. The molecule has 0 atom stereocenters. The summed E-state index contributed by atoms with van der Waals surface area (Å²) in [7, 11) is 0. The van der Waals surface area contributed by atoms with Gasteiger partial charge in [0.25, 0.3) is 0 Å². The lowest BCUT2D eigenvalue weighted by atomic mass is 10.0. The van der Waals surface area contributed by atoms with Crippen molar-refractivity contribution >= 4 is 56.3 Å². The molecule has 31 heavy (non-hydrogen) atoms. The van der Waals surface area contributed by atoms with Gasteiger partial charge in [0.15, 0.2) is 0 Å². The summed E-state index contributed by atoms with van der Waals surface area (Å²) in [5.74, 6) is 0. The topological polar surface area (TPSA) is 66.9 Å². The van der Waals surface area contributed by atoms with E-state index >= 15 is 0 Å². The fourth-order valence-corrected chi connectivity index (χ4v) is 4.46. The second-order valence-electron chi connectivity index (χ2n) is 6.91. The van der Waals surface area contributed by atoms with Crippen molar-refractivity contribution in [3.8, 4) is 17.3 Å². The first-order valence-electron chi connectivity index (χ1n) is 9.41. The Labute approximate surface area is 186 Å². The van der Waals surface area contributed by atoms with Gasteiger partial charge in [0.1, 0.15) is 16.7 Å². The summed E-state index contributed by atoms with van der Waals surface area (Å²) in [5, 5.41) is 15.4. The highest BCUT2D eigenvalue weighted by atomic mass is 35.5. The summed E-state index contributed by atoms with van der Waals surface area (Å²) in [6.07, 6.45) is 1.73. The van der Waals surface area contributed by atoms with Crippen LogP contribution in [0.15, 0.2) is 81.3 Å². The van der Waals surface area contributed by atoms with Crippen LogP contribution in [0.4, 0.5) is 0 Å². The predicted octanol–water partition coefficient (Wildman–Crippen LogP) is 6.79. The Kier molecular flexibility index (Phi) is 4.87. The SMILES string of the molecule is N#C/C(=C/c1cccc(Cl)c1)c1nc(-c2cc3c(ccc4ccccc43)oc2=O)cs1. The minimum absolute atomic E-state index is 0.367. The lowest BCUT2D eigenvalue weighted by Crippen LogP contribution is -2.03. The number of nitrogens with zero attached hydrogens (tertiary/aromatic N) is 2. The Morgan fingerprint density at radius 2 is 1.94 bits per heavy atom. The van der Waals surface area contributed by atoms with Crippen LogP contribution in [0.25, 0.3) is 44.6 Å². The quantitative estimate of drug-likeness (QED) is 0.176. The first-order chi connectivity index (χ1) is 15.1. The maximum atomic E-state index is 12.7. The van der Waals surface area contributed by atoms with Gasteiger partial charge in [-0.15, -0.1) is 11.3 Å². The van der Waals surface area contributed by atoms with E-state index in [-0.39, 0.29) is 0 Å². The van der Waals surface area contributed by atoms with E-state index in [4.69, 9.17) is 16.0 Å². The fourth-order valence-electron chi connectivity index (χ4n) is 3.48. The molecule has 0 fully saturated rings. The number of hydrogen-bond acceptors (Lipinski definition) is 5. The first-order valence-corrected chi connectivity index (χ1v) is 10.7. The standard InChI is InChI=1S/C25H13ClN2O2S/c26-18-6-3-4-15(11-18)10-17(13-27)24-28-22(14-31-24)21-12-20-19-7-2-1-5-16(19)8-9-23(20)30-25(21)29/h1-12,14H/b17-10-. The molecule has 0 amide bonds. The molecule has 0 bridgehead atoms. The zero-order valence-corrected chi connectivity index (χ0v) is 17.6. The lowest BCUT2D eigenvalue weighted by Gasteiger charge is -2.04. The molecule has 0 unspecified atom stereocenters. The second-order valence-corrected chi connectivity index (χ2v) is 8.20. The van der Waals surface area contributed by atoms with Gasteiger partial charge in [-0.3, -0.25) is 0 Å². The number of nitriles is 1. The maximum absolute atomic E-state index is 12.7.